The van der Waals surface area contributed by atoms with Gasteiger partial charge in [0.25, 0.3) is 0 Å². The Labute approximate surface area is 101 Å². The molecule has 1 aromatic carbocycles. The van der Waals surface area contributed by atoms with Crippen LogP contribution in [0.5, 0.6) is 5.75 Å². The van der Waals surface area contributed by atoms with Gasteiger partial charge in [-0.1, -0.05) is 26.0 Å². The highest BCUT2D eigenvalue weighted by molar-refractivity contribution is 5.87. The van der Waals surface area contributed by atoms with Gasteiger partial charge in [-0.25, -0.2) is 0 Å². The van der Waals surface area contributed by atoms with E-state index in [4.69, 9.17) is 0 Å². The van der Waals surface area contributed by atoms with Crippen LogP contribution in [-0.2, 0) is 10.2 Å². The topological polar surface area (TPSA) is 57.5 Å². The summed E-state index contributed by atoms with van der Waals surface area (Å²) in [5.41, 5.74) is 1.50. The molecular weight excluding hydrogens is 216 g/mol. The monoisotopic (exact) mass is 234 g/mol. The van der Waals surface area contributed by atoms with E-state index in [-0.39, 0.29) is 11.7 Å². The molecule has 17 heavy (non-hydrogen) atoms. The number of carboxylic acid groups (broad SMARTS) is 1. The summed E-state index contributed by atoms with van der Waals surface area (Å²) in [6, 6.07) is 3.80. The standard InChI is InChI=1S/C14H18O3/c1-8(2)10-5-4-9(3)12(15)11(10)14(6-7-14)13(16)17/h4-5,8,15H,6-7H2,1-3H3,(H,16,17). The molecule has 3 heteroatoms. The molecule has 0 heterocycles. The predicted octanol–water partition coefficient (Wildman–Crippen LogP) is 2.94. The zero-order chi connectivity index (χ0) is 12.8. The van der Waals surface area contributed by atoms with Crippen LogP contribution in [0.4, 0.5) is 0 Å². The predicted molar refractivity (Wildman–Crippen MR) is 65.5 cm³/mol. The van der Waals surface area contributed by atoms with Crippen molar-refractivity contribution in [3.8, 4) is 5.75 Å². The molecule has 92 valence electrons. The van der Waals surface area contributed by atoms with Gasteiger partial charge >= 0.3 is 5.97 Å². The second-order valence-corrected chi connectivity index (χ2v) is 5.24. The molecule has 1 fully saturated rings. The van der Waals surface area contributed by atoms with Gasteiger partial charge in [0.1, 0.15) is 5.75 Å². The summed E-state index contributed by atoms with van der Waals surface area (Å²) in [6.45, 7) is 5.85. The number of carboxylic acids is 1. The first kappa shape index (κ1) is 12.0. The summed E-state index contributed by atoms with van der Waals surface area (Å²) < 4.78 is 0. The lowest BCUT2D eigenvalue weighted by atomic mass is 9.84. The quantitative estimate of drug-likeness (QED) is 0.845. The van der Waals surface area contributed by atoms with E-state index in [0.29, 0.717) is 18.4 Å². The summed E-state index contributed by atoms with van der Waals surface area (Å²) in [7, 11) is 0. The van der Waals surface area contributed by atoms with E-state index in [0.717, 1.165) is 11.1 Å². The molecule has 1 aliphatic rings. The molecule has 2 N–H and O–H groups in total. The third-order valence-electron chi connectivity index (χ3n) is 3.67. The molecular formula is C14H18O3. The number of hydrogen-bond acceptors (Lipinski definition) is 2. The van der Waals surface area contributed by atoms with Crippen LogP contribution < -0.4 is 0 Å². The zero-order valence-corrected chi connectivity index (χ0v) is 10.4. The summed E-state index contributed by atoms with van der Waals surface area (Å²) in [4.78, 5) is 11.4. The largest absolute Gasteiger partial charge is 0.507 e. The number of phenolic OH excluding ortho intramolecular Hbond substituents is 1. The summed E-state index contributed by atoms with van der Waals surface area (Å²) in [6.07, 6.45) is 1.25. The molecule has 0 radical (unpaired) electrons. The van der Waals surface area contributed by atoms with Crippen molar-refractivity contribution in [3.63, 3.8) is 0 Å². The highest BCUT2D eigenvalue weighted by Crippen LogP contribution is 2.54. The van der Waals surface area contributed by atoms with Crippen LogP contribution in [0.3, 0.4) is 0 Å². The van der Waals surface area contributed by atoms with E-state index in [1.165, 1.54) is 0 Å². The molecule has 0 spiro atoms. The molecule has 1 aromatic rings. The van der Waals surface area contributed by atoms with Crippen LogP contribution >= 0.6 is 0 Å². The maximum atomic E-state index is 11.4. The van der Waals surface area contributed by atoms with E-state index in [1.807, 2.05) is 26.0 Å². The van der Waals surface area contributed by atoms with Crippen LogP contribution in [0.1, 0.15) is 49.3 Å². The molecule has 2 rings (SSSR count). The number of aryl methyl sites for hydroxylation is 1. The third-order valence-corrected chi connectivity index (χ3v) is 3.67. The van der Waals surface area contributed by atoms with Crippen molar-refractivity contribution in [2.24, 2.45) is 0 Å². The molecule has 0 bridgehead atoms. The number of carbonyl (C=O) groups is 1. The van der Waals surface area contributed by atoms with Gasteiger partial charge in [0.05, 0.1) is 5.41 Å². The van der Waals surface area contributed by atoms with Gasteiger partial charge in [-0.3, -0.25) is 4.79 Å². The number of aliphatic carboxylic acids is 1. The molecule has 1 aliphatic carbocycles. The first-order valence-electron chi connectivity index (χ1n) is 5.96. The van der Waals surface area contributed by atoms with Crippen LogP contribution in [-0.4, -0.2) is 16.2 Å². The van der Waals surface area contributed by atoms with E-state index in [2.05, 4.69) is 0 Å². The van der Waals surface area contributed by atoms with Crippen molar-refractivity contribution in [2.45, 2.75) is 44.9 Å². The third kappa shape index (κ3) is 1.70. The second-order valence-electron chi connectivity index (χ2n) is 5.24. The molecule has 0 atom stereocenters. The number of phenols is 1. The Morgan fingerprint density at radius 2 is 1.94 bits per heavy atom. The minimum absolute atomic E-state index is 0.163. The lowest BCUT2D eigenvalue weighted by molar-refractivity contribution is -0.140. The molecule has 0 amide bonds. The molecule has 0 aromatic heterocycles. The Hall–Kier alpha value is -1.51. The van der Waals surface area contributed by atoms with Crippen molar-refractivity contribution in [2.75, 3.05) is 0 Å². The SMILES string of the molecule is Cc1ccc(C(C)C)c(C2(C(=O)O)CC2)c1O. The van der Waals surface area contributed by atoms with E-state index in [9.17, 15) is 15.0 Å². The fourth-order valence-electron chi connectivity index (χ4n) is 2.39. The van der Waals surface area contributed by atoms with Crippen LogP contribution in [0.2, 0.25) is 0 Å². The van der Waals surface area contributed by atoms with Crippen molar-refractivity contribution in [3.05, 3.63) is 28.8 Å². The Bertz CT molecular complexity index is 471. The molecule has 0 aliphatic heterocycles. The lowest BCUT2D eigenvalue weighted by Gasteiger charge is -2.21. The van der Waals surface area contributed by atoms with E-state index >= 15 is 0 Å². The Morgan fingerprint density at radius 1 is 1.35 bits per heavy atom. The first-order valence-corrected chi connectivity index (χ1v) is 5.96. The normalized spacial score (nSPS) is 17.2. The minimum Gasteiger partial charge on any atom is -0.507 e. The molecule has 3 nitrogen and oxygen atoms in total. The maximum Gasteiger partial charge on any atom is 0.314 e. The average Bonchev–Trinajstić information content (AvgIpc) is 3.02. The molecule has 0 saturated heterocycles. The zero-order valence-electron chi connectivity index (χ0n) is 10.4. The van der Waals surface area contributed by atoms with Gasteiger partial charge < -0.3 is 10.2 Å². The Kier molecular flexibility index (Phi) is 2.64. The average molecular weight is 234 g/mol. The number of benzene rings is 1. The minimum atomic E-state index is -0.838. The second kappa shape index (κ2) is 3.76. The molecule has 1 saturated carbocycles. The van der Waals surface area contributed by atoms with Gasteiger partial charge in [-0.2, -0.15) is 0 Å². The Balaban J connectivity index is 2.66. The van der Waals surface area contributed by atoms with Crippen molar-refractivity contribution in [1.29, 1.82) is 0 Å². The van der Waals surface area contributed by atoms with Gasteiger partial charge in [-0.05, 0) is 36.8 Å². The molecule has 0 unspecified atom stereocenters. The summed E-state index contributed by atoms with van der Waals surface area (Å²) in [5.74, 6) is -0.440. The van der Waals surface area contributed by atoms with Gasteiger partial charge in [0.15, 0.2) is 0 Å². The lowest BCUT2D eigenvalue weighted by Crippen LogP contribution is -2.22. The summed E-state index contributed by atoms with van der Waals surface area (Å²) >= 11 is 0. The number of hydrogen-bond donors (Lipinski definition) is 2. The van der Waals surface area contributed by atoms with Gasteiger partial charge in [0, 0.05) is 5.56 Å². The fourth-order valence-corrected chi connectivity index (χ4v) is 2.39. The fraction of sp³-hybridized carbons (Fsp3) is 0.500. The van der Waals surface area contributed by atoms with Crippen molar-refractivity contribution < 1.29 is 15.0 Å². The van der Waals surface area contributed by atoms with Gasteiger partial charge in [0.2, 0.25) is 0 Å². The van der Waals surface area contributed by atoms with Crippen LogP contribution in [0.15, 0.2) is 12.1 Å². The number of rotatable bonds is 3. The number of aromatic hydroxyl groups is 1. The van der Waals surface area contributed by atoms with Crippen molar-refractivity contribution >= 4 is 5.97 Å². The van der Waals surface area contributed by atoms with E-state index < -0.39 is 11.4 Å². The van der Waals surface area contributed by atoms with Crippen LogP contribution in [0, 0.1) is 6.92 Å². The summed E-state index contributed by atoms with van der Waals surface area (Å²) in [5, 5.41) is 19.6. The maximum absolute atomic E-state index is 11.4. The highest BCUT2D eigenvalue weighted by Gasteiger charge is 2.54. The van der Waals surface area contributed by atoms with E-state index in [1.54, 1.807) is 6.92 Å². The van der Waals surface area contributed by atoms with Crippen LogP contribution in [0.25, 0.3) is 0 Å². The smallest absolute Gasteiger partial charge is 0.314 e. The van der Waals surface area contributed by atoms with Gasteiger partial charge in [-0.15, -0.1) is 0 Å². The Morgan fingerprint density at radius 3 is 2.35 bits per heavy atom. The van der Waals surface area contributed by atoms with Crippen molar-refractivity contribution in [1.82, 2.24) is 0 Å². The first-order chi connectivity index (χ1) is 7.90. The highest BCUT2D eigenvalue weighted by atomic mass is 16.4.